The van der Waals surface area contributed by atoms with Gasteiger partial charge in [0.1, 0.15) is 16.7 Å². The number of nitrogens with zero attached hydrogens (tertiary/aromatic N) is 2. The van der Waals surface area contributed by atoms with Gasteiger partial charge in [0, 0.05) is 17.5 Å². The molecular weight excluding hydrogens is 359 g/mol. The minimum Gasteiger partial charge on any atom is -0.480 e. The van der Waals surface area contributed by atoms with Crippen LogP contribution in [0.15, 0.2) is 23.6 Å². The smallest absolute Gasteiger partial charge is 0.326 e. The van der Waals surface area contributed by atoms with Crippen LogP contribution in [0.4, 0.5) is 0 Å². The van der Waals surface area contributed by atoms with E-state index >= 15 is 0 Å². The number of aliphatic carboxylic acids is 1. The van der Waals surface area contributed by atoms with Crippen molar-refractivity contribution in [3.05, 3.63) is 39.3 Å². The lowest BCUT2D eigenvalue weighted by atomic mass is 10.2. The van der Waals surface area contributed by atoms with E-state index in [1.165, 1.54) is 16.2 Å². The second-order valence-electron chi connectivity index (χ2n) is 5.16. The lowest BCUT2D eigenvalue weighted by Gasteiger charge is -2.20. The van der Waals surface area contributed by atoms with Crippen molar-refractivity contribution in [3.63, 3.8) is 0 Å². The Balaban J connectivity index is 1.85. The molecule has 1 aromatic carbocycles. The molecule has 0 saturated carbocycles. The number of hydrogen-bond donors (Lipinski definition) is 1. The minimum atomic E-state index is -0.976. The number of carbonyl (C=O) groups excluding carboxylic acids is 1. The van der Waals surface area contributed by atoms with Crippen LogP contribution in [-0.4, -0.2) is 39.5 Å². The van der Waals surface area contributed by atoms with E-state index in [-0.39, 0.29) is 11.6 Å². The summed E-state index contributed by atoms with van der Waals surface area (Å²) in [6, 6.07) is 4.37. The van der Waals surface area contributed by atoms with Crippen LogP contribution in [0, 0.1) is 0 Å². The van der Waals surface area contributed by atoms with Gasteiger partial charge >= 0.3 is 5.97 Å². The van der Waals surface area contributed by atoms with Gasteiger partial charge in [0.15, 0.2) is 0 Å². The fraction of sp³-hybridized carbons (Fsp3) is 0.267. The number of carbonyl (C=O) groups is 2. The summed E-state index contributed by atoms with van der Waals surface area (Å²) in [5.74, 6) is -1.33. The van der Waals surface area contributed by atoms with E-state index < -0.39 is 12.0 Å². The first-order valence-electron chi connectivity index (χ1n) is 6.92. The van der Waals surface area contributed by atoms with Crippen molar-refractivity contribution in [3.8, 4) is 10.6 Å². The zero-order valence-electron chi connectivity index (χ0n) is 11.8. The summed E-state index contributed by atoms with van der Waals surface area (Å²) in [6.07, 6.45) is 1.16. The summed E-state index contributed by atoms with van der Waals surface area (Å²) in [6.45, 7) is 0.440. The number of benzene rings is 1. The Morgan fingerprint density at radius 2 is 2.09 bits per heavy atom. The number of aromatic nitrogens is 1. The summed E-state index contributed by atoms with van der Waals surface area (Å²) >= 11 is 13.2. The molecule has 2 aromatic rings. The van der Waals surface area contributed by atoms with Crippen molar-refractivity contribution in [2.24, 2.45) is 0 Å². The molecule has 23 heavy (non-hydrogen) atoms. The van der Waals surface area contributed by atoms with E-state index in [1.54, 1.807) is 23.6 Å². The molecule has 1 aliphatic heterocycles. The van der Waals surface area contributed by atoms with E-state index in [0.29, 0.717) is 34.4 Å². The molecule has 3 rings (SSSR count). The fourth-order valence-electron chi connectivity index (χ4n) is 2.55. The van der Waals surface area contributed by atoms with Crippen LogP contribution in [0.3, 0.4) is 0 Å². The summed E-state index contributed by atoms with van der Waals surface area (Å²) in [7, 11) is 0. The normalized spacial score (nSPS) is 17.5. The molecule has 1 amide bonds. The number of rotatable bonds is 3. The average Bonchev–Trinajstić information content (AvgIpc) is 3.18. The average molecular weight is 371 g/mol. The van der Waals surface area contributed by atoms with E-state index in [2.05, 4.69) is 4.98 Å². The molecule has 1 N–H and O–H groups in total. The zero-order chi connectivity index (χ0) is 16.6. The van der Waals surface area contributed by atoms with Crippen molar-refractivity contribution < 1.29 is 14.7 Å². The highest BCUT2D eigenvalue weighted by Crippen LogP contribution is 2.31. The third-order valence-electron chi connectivity index (χ3n) is 3.69. The Morgan fingerprint density at radius 1 is 1.30 bits per heavy atom. The first-order valence-corrected chi connectivity index (χ1v) is 8.55. The maximum absolute atomic E-state index is 12.5. The molecule has 8 heteroatoms. The van der Waals surface area contributed by atoms with Gasteiger partial charge in [-0.25, -0.2) is 9.78 Å². The molecule has 1 fully saturated rings. The largest absolute Gasteiger partial charge is 0.480 e. The SMILES string of the molecule is O=C(O)[C@H]1CCCN1C(=O)c1csc(-c2ccc(Cl)c(Cl)c2)n1. The van der Waals surface area contributed by atoms with Crippen LogP contribution < -0.4 is 0 Å². The Bertz CT molecular complexity index is 778. The predicted octanol–water partition coefficient (Wildman–Crippen LogP) is 3.81. The molecule has 0 bridgehead atoms. The third kappa shape index (κ3) is 3.20. The van der Waals surface area contributed by atoms with Crippen LogP contribution in [0.1, 0.15) is 23.3 Å². The summed E-state index contributed by atoms with van der Waals surface area (Å²) in [5.41, 5.74) is 1.02. The van der Waals surface area contributed by atoms with Gasteiger partial charge < -0.3 is 10.0 Å². The topological polar surface area (TPSA) is 70.5 Å². The van der Waals surface area contributed by atoms with Crippen molar-refractivity contribution >= 4 is 46.4 Å². The van der Waals surface area contributed by atoms with Crippen LogP contribution in [0.5, 0.6) is 0 Å². The van der Waals surface area contributed by atoms with Crippen molar-refractivity contribution in [2.45, 2.75) is 18.9 Å². The molecule has 120 valence electrons. The summed E-state index contributed by atoms with van der Waals surface area (Å²) in [5, 5.41) is 12.3. The number of hydrogen-bond acceptors (Lipinski definition) is 4. The van der Waals surface area contributed by atoms with Gasteiger partial charge in [0.2, 0.25) is 0 Å². The molecule has 0 unspecified atom stereocenters. The molecule has 1 aromatic heterocycles. The summed E-state index contributed by atoms with van der Waals surface area (Å²) in [4.78, 5) is 29.4. The van der Waals surface area contributed by atoms with Gasteiger partial charge in [-0.05, 0) is 25.0 Å². The van der Waals surface area contributed by atoms with Gasteiger partial charge in [-0.3, -0.25) is 4.79 Å². The minimum absolute atomic E-state index is 0.254. The molecule has 0 radical (unpaired) electrons. The molecular formula is C15H12Cl2N2O3S. The Labute approximate surface area is 146 Å². The van der Waals surface area contributed by atoms with Crippen LogP contribution in [0.2, 0.25) is 10.0 Å². The van der Waals surface area contributed by atoms with Crippen molar-refractivity contribution in [2.75, 3.05) is 6.54 Å². The highest BCUT2D eigenvalue weighted by molar-refractivity contribution is 7.13. The number of likely N-dealkylation sites (tertiary alicyclic amines) is 1. The van der Waals surface area contributed by atoms with Gasteiger partial charge in [-0.15, -0.1) is 11.3 Å². The van der Waals surface area contributed by atoms with Gasteiger partial charge in [-0.2, -0.15) is 0 Å². The number of halogens is 2. The molecule has 2 heterocycles. The number of amides is 1. The van der Waals surface area contributed by atoms with Crippen molar-refractivity contribution in [1.29, 1.82) is 0 Å². The lowest BCUT2D eigenvalue weighted by Crippen LogP contribution is -2.40. The standard InChI is InChI=1S/C15H12Cl2N2O3S/c16-9-4-3-8(6-10(9)17)13-18-11(7-23-13)14(20)19-5-1-2-12(19)15(21)22/h3-4,6-7,12H,1-2,5H2,(H,21,22)/t12-/m1/s1. The van der Waals surface area contributed by atoms with E-state index in [1.807, 2.05) is 0 Å². The van der Waals surface area contributed by atoms with Crippen LogP contribution >= 0.6 is 34.5 Å². The second-order valence-corrected chi connectivity index (χ2v) is 6.83. The maximum atomic E-state index is 12.5. The second kappa shape index (κ2) is 6.47. The molecule has 1 aliphatic rings. The van der Waals surface area contributed by atoms with Crippen LogP contribution in [0.25, 0.3) is 10.6 Å². The number of thiazole rings is 1. The molecule has 1 atom stereocenters. The molecule has 0 spiro atoms. The Hall–Kier alpha value is -1.63. The first-order chi connectivity index (χ1) is 11.0. The van der Waals surface area contributed by atoms with Crippen molar-refractivity contribution in [1.82, 2.24) is 9.88 Å². The quantitative estimate of drug-likeness (QED) is 0.891. The monoisotopic (exact) mass is 370 g/mol. The maximum Gasteiger partial charge on any atom is 0.326 e. The molecule has 0 aliphatic carbocycles. The van der Waals surface area contributed by atoms with E-state index in [0.717, 1.165) is 5.56 Å². The lowest BCUT2D eigenvalue weighted by molar-refractivity contribution is -0.141. The first kappa shape index (κ1) is 16.2. The highest BCUT2D eigenvalue weighted by Gasteiger charge is 2.35. The van der Waals surface area contributed by atoms with Gasteiger partial charge in [0.25, 0.3) is 5.91 Å². The van der Waals surface area contributed by atoms with Gasteiger partial charge in [0.05, 0.1) is 10.0 Å². The third-order valence-corrected chi connectivity index (χ3v) is 5.32. The number of carboxylic acid groups (broad SMARTS) is 1. The Kier molecular flexibility index (Phi) is 4.57. The predicted molar refractivity (Wildman–Crippen MR) is 89.3 cm³/mol. The van der Waals surface area contributed by atoms with Gasteiger partial charge in [-0.1, -0.05) is 29.3 Å². The van der Waals surface area contributed by atoms with E-state index in [9.17, 15) is 14.7 Å². The number of carboxylic acids is 1. The fourth-order valence-corrected chi connectivity index (χ4v) is 3.64. The van der Waals surface area contributed by atoms with E-state index in [4.69, 9.17) is 23.2 Å². The Morgan fingerprint density at radius 3 is 2.78 bits per heavy atom. The molecule has 5 nitrogen and oxygen atoms in total. The molecule has 1 saturated heterocycles. The summed E-state index contributed by atoms with van der Waals surface area (Å²) < 4.78 is 0. The zero-order valence-corrected chi connectivity index (χ0v) is 14.2. The highest BCUT2D eigenvalue weighted by atomic mass is 35.5. The van der Waals surface area contributed by atoms with Crippen LogP contribution in [-0.2, 0) is 4.79 Å².